The zero-order chi connectivity index (χ0) is 26.3. The summed E-state index contributed by atoms with van der Waals surface area (Å²) in [6.45, 7) is 12.9. The van der Waals surface area contributed by atoms with Crippen molar-refractivity contribution in [3.63, 3.8) is 0 Å². The Morgan fingerprint density at radius 2 is 2.03 bits per heavy atom. The van der Waals surface area contributed by atoms with E-state index in [1.807, 2.05) is 32.2 Å². The van der Waals surface area contributed by atoms with Crippen molar-refractivity contribution in [2.45, 2.75) is 98.9 Å². The van der Waals surface area contributed by atoms with Crippen LogP contribution >= 0.6 is 11.3 Å². The largest absolute Gasteiger partial charge is 0.457 e. The minimum Gasteiger partial charge on any atom is -0.457 e. The summed E-state index contributed by atoms with van der Waals surface area (Å²) in [7, 11) is 0. The summed E-state index contributed by atoms with van der Waals surface area (Å²) >= 11 is 1.56. The van der Waals surface area contributed by atoms with Crippen LogP contribution in [0, 0.1) is 24.2 Å². The van der Waals surface area contributed by atoms with E-state index in [-0.39, 0.29) is 18.1 Å². The van der Waals surface area contributed by atoms with Gasteiger partial charge in [-0.2, -0.15) is 0 Å². The van der Waals surface area contributed by atoms with Crippen LogP contribution in [0.4, 0.5) is 0 Å². The Labute approximate surface area is 209 Å². The molecule has 0 spiro atoms. The molecule has 1 aromatic rings. The number of nitrogens with zero attached hydrogens (tertiary/aromatic N) is 1. The number of cyclic esters (lactones) is 1. The lowest BCUT2D eigenvalue weighted by molar-refractivity contribution is -0.154. The molecule has 2 N–H and O–H groups in total. The van der Waals surface area contributed by atoms with E-state index in [4.69, 9.17) is 11.3 Å². The first kappa shape index (κ1) is 26.8. The smallest absolute Gasteiger partial charge is 0.309 e. The van der Waals surface area contributed by atoms with Gasteiger partial charge in [-0.05, 0) is 57.6 Å². The molecular weight excluding hydrogens is 450 g/mol. The molecule has 2 heterocycles. The fraction of sp³-hybridized carbons (Fsp3) is 0.667. The van der Waals surface area contributed by atoms with E-state index in [0.717, 1.165) is 35.5 Å². The number of carbonyl (C=O) groups excluding carboxylic acids is 2. The van der Waals surface area contributed by atoms with E-state index < -0.39 is 35.6 Å². The molecule has 0 amide bonds. The number of aliphatic hydroxyl groups excluding tert-OH is 2. The van der Waals surface area contributed by atoms with Gasteiger partial charge in [0.25, 0.3) is 0 Å². The second-order valence-electron chi connectivity index (χ2n) is 10.4. The first-order chi connectivity index (χ1) is 16.4. The van der Waals surface area contributed by atoms with Crippen LogP contribution in [-0.4, -0.2) is 46.7 Å². The summed E-state index contributed by atoms with van der Waals surface area (Å²) in [5, 5.41) is 18.8. The first-order valence-electron chi connectivity index (χ1n) is 12.6. The van der Waals surface area contributed by atoms with Gasteiger partial charge in [-0.25, -0.2) is 4.98 Å². The number of ketones is 1. The fourth-order valence-electron chi connectivity index (χ4n) is 4.39. The van der Waals surface area contributed by atoms with Gasteiger partial charge < -0.3 is 15.0 Å². The standard InChI is InChI=1S/C27H41NO5S/c1-16-9-8-10-17(2)25(31)19(4)26(32)27(6,7)23(29)14-24(30)33-22(12-11-16)18(3)13-21-15-34-20(5)28-21/h11,13,15,17,19,22-23,25,29,31H,8-10,12,14H2,1-7H3/b16-11-,18-13+/t17-,19-,22+,23+,25+/m1/s1/i31T. The average molecular weight is 494 g/mol. The van der Waals surface area contributed by atoms with E-state index in [1.54, 1.807) is 32.1 Å². The molecule has 34 heavy (non-hydrogen) atoms. The molecule has 0 aliphatic carbocycles. The van der Waals surface area contributed by atoms with Crippen molar-refractivity contribution in [2.75, 3.05) is 0 Å². The van der Waals surface area contributed by atoms with Gasteiger partial charge in [0.15, 0.2) is 0 Å². The van der Waals surface area contributed by atoms with Crippen molar-refractivity contribution < 1.29 is 24.5 Å². The monoisotopic (exact) mass is 493 g/mol. The van der Waals surface area contributed by atoms with Crippen molar-refractivity contribution in [3.8, 4) is 0 Å². The number of ether oxygens (including phenoxy) is 1. The van der Waals surface area contributed by atoms with Crippen LogP contribution < -0.4 is 0 Å². The maximum Gasteiger partial charge on any atom is 0.309 e. The van der Waals surface area contributed by atoms with Crippen LogP contribution in [0.3, 0.4) is 0 Å². The maximum absolute atomic E-state index is 13.3. The Hall–Kier alpha value is -1.83. The minimum atomic E-state index is -1.22. The van der Waals surface area contributed by atoms with Gasteiger partial charge in [0.2, 0.25) is 1.43 Å². The highest BCUT2D eigenvalue weighted by Crippen LogP contribution is 2.32. The van der Waals surface area contributed by atoms with Crippen LogP contribution in [0.1, 0.15) is 84.3 Å². The molecule has 190 valence electrons. The Kier molecular flexibility index (Phi) is 9.63. The third kappa shape index (κ3) is 7.59. The van der Waals surface area contributed by atoms with E-state index in [0.29, 0.717) is 6.42 Å². The number of hydrogen-bond donors (Lipinski definition) is 2. The predicted molar refractivity (Wildman–Crippen MR) is 136 cm³/mol. The molecule has 7 heteroatoms. The lowest BCUT2D eigenvalue weighted by Gasteiger charge is -2.34. The molecule has 2 rings (SSSR count). The summed E-state index contributed by atoms with van der Waals surface area (Å²) in [6.07, 6.45) is 4.55. The summed E-state index contributed by atoms with van der Waals surface area (Å²) in [4.78, 5) is 30.7. The maximum atomic E-state index is 13.3. The van der Waals surface area contributed by atoms with Crippen LogP contribution in [0.5, 0.6) is 0 Å². The van der Waals surface area contributed by atoms with Crippen LogP contribution in [-0.2, 0) is 14.3 Å². The molecule has 0 radical (unpaired) electrons. The summed E-state index contributed by atoms with van der Waals surface area (Å²) < 4.78 is 13.4. The van der Waals surface area contributed by atoms with Gasteiger partial charge in [0, 0.05) is 17.7 Å². The normalized spacial score (nSPS) is 32.5. The SMILES string of the molecule is [3H]O[C@H]1[C@H](C)CCC/C(C)=C\C[C@@H](/C(C)=C/c2csc(C)n2)OC(=O)C[C@H](O)C(C)(C)C(=O)[C@@H]1C. The number of aliphatic hydroxyl groups is 2. The number of allylic oxidation sites excluding steroid dienone is 1. The number of Topliss-reactive ketones (excluding diaryl/α,β-unsaturated/α-hetero) is 1. The minimum absolute atomic E-state index is 0.00422. The molecule has 0 bridgehead atoms. The lowest BCUT2D eigenvalue weighted by Crippen LogP contribution is -2.45. The molecule has 6 nitrogen and oxygen atoms in total. The highest BCUT2D eigenvalue weighted by molar-refractivity contribution is 7.09. The Morgan fingerprint density at radius 1 is 1.32 bits per heavy atom. The highest BCUT2D eigenvalue weighted by atomic mass is 32.1. The molecule has 1 aliphatic heterocycles. The molecule has 1 aliphatic rings. The second-order valence-corrected chi connectivity index (χ2v) is 11.4. The lowest BCUT2D eigenvalue weighted by atomic mass is 9.73. The number of hydrogen-bond acceptors (Lipinski definition) is 7. The van der Waals surface area contributed by atoms with Gasteiger partial charge in [-0.15, -0.1) is 11.3 Å². The molecule has 0 saturated heterocycles. The molecule has 0 saturated carbocycles. The fourth-order valence-corrected chi connectivity index (χ4v) is 4.96. The van der Waals surface area contributed by atoms with Crippen molar-refractivity contribution in [1.82, 2.24) is 4.98 Å². The van der Waals surface area contributed by atoms with E-state index in [2.05, 4.69) is 18.0 Å². The van der Waals surface area contributed by atoms with Crippen LogP contribution in [0.2, 0.25) is 0 Å². The molecular formula is C27H41NO5S. The molecule has 1 aromatic heterocycles. The summed E-state index contributed by atoms with van der Waals surface area (Å²) in [6, 6.07) is 0. The Bertz CT molecular complexity index is 938. The third-order valence-corrected chi connectivity index (χ3v) is 7.79. The quantitative estimate of drug-likeness (QED) is 0.440. The van der Waals surface area contributed by atoms with Gasteiger partial charge in [-0.3, -0.25) is 9.59 Å². The summed E-state index contributed by atoms with van der Waals surface area (Å²) in [5.41, 5.74) is 1.70. The zero-order valence-electron chi connectivity index (χ0n) is 22.6. The van der Waals surface area contributed by atoms with Crippen LogP contribution in [0.25, 0.3) is 6.08 Å². The third-order valence-electron chi connectivity index (χ3n) is 7.00. The number of aromatic nitrogens is 1. The average Bonchev–Trinajstić information content (AvgIpc) is 3.19. The zero-order valence-corrected chi connectivity index (χ0v) is 22.4. The molecule has 5 atom stereocenters. The van der Waals surface area contributed by atoms with Gasteiger partial charge in [0.1, 0.15) is 11.9 Å². The molecule has 0 unspecified atom stereocenters. The van der Waals surface area contributed by atoms with Crippen molar-refractivity contribution in [3.05, 3.63) is 33.3 Å². The van der Waals surface area contributed by atoms with E-state index >= 15 is 0 Å². The Balaban J connectivity index is 2.35. The number of thiazole rings is 1. The predicted octanol–water partition coefficient (Wildman–Crippen LogP) is 5.27. The second kappa shape index (κ2) is 12.2. The van der Waals surface area contributed by atoms with Crippen molar-refractivity contribution >= 4 is 29.2 Å². The first-order valence-corrected chi connectivity index (χ1v) is 13.0. The molecule has 0 fully saturated rings. The Morgan fingerprint density at radius 3 is 2.65 bits per heavy atom. The number of carbonyl (C=O) groups is 2. The van der Waals surface area contributed by atoms with E-state index in [1.165, 1.54) is 5.57 Å². The van der Waals surface area contributed by atoms with Gasteiger partial charge in [0.05, 0.1) is 34.7 Å². The number of rotatable bonds is 3. The van der Waals surface area contributed by atoms with E-state index in [9.17, 15) is 14.7 Å². The van der Waals surface area contributed by atoms with Crippen molar-refractivity contribution in [1.29, 1.82) is 1.43 Å². The number of aryl methyl sites for hydroxylation is 1. The van der Waals surface area contributed by atoms with Crippen LogP contribution in [0.15, 0.2) is 22.6 Å². The highest BCUT2D eigenvalue weighted by Gasteiger charge is 2.42. The van der Waals surface area contributed by atoms with Gasteiger partial charge in [-0.1, -0.05) is 39.3 Å². The molecule has 0 aromatic carbocycles. The van der Waals surface area contributed by atoms with Crippen molar-refractivity contribution in [2.24, 2.45) is 17.3 Å². The number of esters is 1. The van der Waals surface area contributed by atoms with Gasteiger partial charge >= 0.3 is 5.97 Å². The topological polar surface area (TPSA) is 96.7 Å². The summed E-state index contributed by atoms with van der Waals surface area (Å²) in [5.74, 6) is -1.37.